The molecule has 0 spiro atoms. The number of benzene rings is 2. The number of anilines is 1. The molecule has 1 amide bonds. The third-order valence-corrected chi connectivity index (χ3v) is 4.16. The highest BCUT2D eigenvalue weighted by atomic mass is 35.5. The van der Waals surface area contributed by atoms with E-state index in [9.17, 15) is 4.79 Å². The van der Waals surface area contributed by atoms with E-state index in [0.717, 1.165) is 16.8 Å². The third kappa shape index (κ3) is 4.12. The molecule has 2 N–H and O–H groups in total. The number of imidazole rings is 1. The number of para-hydroxylation sites is 1. The van der Waals surface area contributed by atoms with Gasteiger partial charge in [0.25, 0.3) is 5.91 Å². The number of carbonyl (C=O) groups is 1. The summed E-state index contributed by atoms with van der Waals surface area (Å²) in [6.07, 6.45) is 0. The number of aromatic amines is 1. The fourth-order valence-electron chi connectivity index (χ4n) is 2.62. The molecule has 1 aromatic heterocycles. The van der Waals surface area contributed by atoms with Gasteiger partial charge in [0.1, 0.15) is 11.5 Å². The van der Waals surface area contributed by atoms with Crippen LogP contribution in [-0.2, 0) is 11.3 Å². The Kier molecular flexibility index (Phi) is 5.71. The second kappa shape index (κ2) is 8.17. The lowest BCUT2D eigenvalue weighted by molar-refractivity contribution is 0.102. The normalized spacial score (nSPS) is 10.7. The maximum atomic E-state index is 12.7. The molecule has 0 atom stereocenters. The zero-order valence-corrected chi connectivity index (χ0v) is 15.4. The van der Waals surface area contributed by atoms with E-state index in [1.165, 1.54) is 0 Å². The van der Waals surface area contributed by atoms with Crippen molar-refractivity contribution in [3.63, 3.8) is 0 Å². The van der Waals surface area contributed by atoms with Gasteiger partial charge in [-0.3, -0.25) is 4.79 Å². The molecule has 0 radical (unpaired) electrons. The molecule has 3 rings (SSSR count). The number of halogens is 1. The van der Waals surface area contributed by atoms with E-state index in [0.29, 0.717) is 35.4 Å². The Hall–Kier alpha value is -2.63. The highest BCUT2D eigenvalue weighted by Crippen LogP contribution is 2.23. The lowest BCUT2D eigenvalue weighted by atomic mass is 10.2. The molecule has 0 saturated carbocycles. The summed E-state index contributed by atoms with van der Waals surface area (Å²) < 4.78 is 5.46. The van der Waals surface area contributed by atoms with Gasteiger partial charge in [-0.15, -0.1) is 0 Å². The van der Waals surface area contributed by atoms with Gasteiger partial charge >= 0.3 is 0 Å². The number of nitrogens with one attached hydrogen (secondary N) is 2. The summed E-state index contributed by atoms with van der Waals surface area (Å²) >= 11 is 6.04. The van der Waals surface area contributed by atoms with Gasteiger partial charge in [0.15, 0.2) is 0 Å². The quantitative estimate of drug-likeness (QED) is 0.654. The van der Waals surface area contributed by atoms with Crippen molar-refractivity contribution in [3.05, 3.63) is 70.5 Å². The molecule has 0 aliphatic carbocycles. The second-order valence-corrected chi connectivity index (χ2v) is 6.25. The Bertz CT molecular complexity index is 921. The highest BCUT2D eigenvalue weighted by Gasteiger charge is 2.17. The van der Waals surface area contributed by atoms with Crippen LogP contribution in [0.1, 0.15) is 28.7 Å². The van der Waals surface area contributed by atoms with Crippen molar-refractivity contribution in [2.45, 2.75) is 20.5 Å². The van der Waals surface area contributed by atoms with E-state index in [1.807, 2.05) is 50.2 Å². The molecular weight excluding hydrogens is 350 g/mol. The first-order valence-corrected chi connectivity index (χ1v) is 8.76. The van der Waals surface area contributed by atoms with Gasteiger partial charge in [-0.05, 0) is 32.0 Å². The van der Waals surface area contributed by atoms with Crippen LogP contribution in [0.15, 0.2) is 48.5 Å². The molecule has 1 heterocycles. The number of H-pyrrole nitrogens is 1. The number of nitrogens with zero attached hydrogens (tertiary/aromatic N) is 1. The van der Waals surface area contributed by atoms with Gasteiger partial charge in [0.2, 0.25) is 0 Å². The first kappa shape index (κ1) is 18.2. The molecule has 0 aliphatic heterocycles. The molecule has 2 aromatic carbocycles. The van der Waals surface area contributed by atoms with Crippen LogP contribution in [0.3, 0.4) is 0 Å². The Morgan fingerprint density at radius 3 is 2.81 bits per heavy atom. The Morgan fingerprint density at radius 1 is 1.23 bits per heavy atom. The van der Waals surface area contributed by atoms with Crippen LogP contribution in [0, 0.1) is 6.92 Å². The summed E-state index contributed by atoms with van der Waals surface area (Å²) in [6.45, 7) is 4.82. The molecule has 3 aromatic rings. The predicted octanol–water partition coefficient (Wildman–Crippen LogP) is 4.83. The molecule has 0 fully saturated rings. The van der Waals surface area contributed by atoms with Crippen molar-refractivity contribution in [1.82, 2.24) is 9.97 Å². The maximum Gasteiger partial charge on any atom is 0.276 e. The second-order valence-electron chi connectivity index (χ2n) is 5.82. The lowest BCUT2D eigenvalue weighted by Crippen LogP contribution is -2.15. The fraction of sp³-hybridized carbons (Fsp3) is 0.200. The molecular formula is C20H20ClN3O2. The summed E-state index contributed by atoms with van der Waals surface area (Å²) in [5.74, 6) is 0.341. The zero-order valence-electron chi connectivity index (χ0n) is 14.7. The molecule has 6 heteroatoms. The Balaban J connectivity index is 1.83. The monoisotopic (exact) mass is 369 g/mol. The number of amides is 1. The first-order valence-electron chi connectivity index (χ1n) is 8.38. The van der Waals surface area contributed by atoms with Crippen LogP contribution in [-0.4, -0.2) is 22.5 Å². The molecule has 0 aliphatic rings. The number of hydrogen-bond donors (Lipinski definition) is 2. The van der Waals surface area contributed by atoms with Crippen molar-refractivity contribution in [2.75, 3.05) is 11.9 Å². The zero-order chi connectivity index (χ0) is 18.5. The van der Waals surface area contributed by atoms with E-state index in [4.69, 9.17) is 16.3 Å². The lowest BCUT2D eigenvalue weighted by Gasteiger charge is -2.10. The fourth-order valence-corrected chi connectivity index (χ4v) is 2.81. The molecule has 0 unspecified atom stereocenters. The van der Waals surface area contributed by atoms with Crippen molar-refractivity contribution < 1.29 is 9.53 Å². The van der Waals surface area contributed by atoms with Gasteiger partial charge in [-0.1, -0.05) is 41.9 Å². The Morgan fingerprint density at radius 2 is 2.04 bits per heavy atom. The number of ether oxygens (including phenoxy) is 1. The minimum absolute atomic E-state index is 0.268. The molecule has 0 bridgehead atoms. The predicted molar refractivity (Wildman–Crippen MR) is 103 cm³/mol. The average Bonchev–Trinajstić information content (AvgIpc) is 3.03. The van der Waals surface area contributed by atoms with Gasteiger partial charge in [0, 0.05) is 34.1 Å². The third-order valence-electron chi connectivity index (χ3n) is 3.93. The van der Waals surface area contributed by atoms with E-state index < -0.39 is 0 Å². The topological polar surface area (TPSA) is 67.0 Å². The summed E-state index contributed by atoms with van der Waals surface area (Å²) in [6, 6.07) is 14.9. The molecule has 26 heavy (non-hydrogen) atoms. The van der Waals surface area contributed by atoms with Crippen LogP contribution in [0.4, 0.5) is 5.69 Å². The average molecular weight is 370 g/mol. The SMILES string of the molecule is CCOCc1ccccc1NC(=O)c1nc(-c2cccc(Cl)c2)[nH]c1C. The number of aromatic nitrogens is 2. The van der Waals surface area contributed by atoms with Gasteiger partial charge in [-0.25, -0.2) is 4.98 Å². The number of hydrogen-bond acceptors (Lipinski definition) is 3. The maximum absolute atomic E-state index is 12.7. The van der Waals surface area contributed by atoms with Crippen LogP contribution in [0.5, 0.6) is 0 Å². The van der Waals surface area contributed by atoms with Gasteiger partial charge in [-0.2, -0.15) is 0 Å². The van der Waals surface area contributed by atoms with Crippen LogP contribution in [0.2, 0.25) is 5.02 Å². The van der Waals surface area contributed by atoms with Crippen LogP contribution in [0.25, 0.3) is 11.4 Å². The molecule has 0 saturated heterocycles. The van der Waals surface area contributed by atoms with E-state index in [2.05, 4.69) is 15.3 Å². The van der Waals surface area contributed by atoms with Crippen LogP contribution >= 0.6 is 11.6 Å². The first-order chi connectivity index (χ1) is 12.6. The minimum Gasteiger partial charge on any atom is -0.377 e. The van der Waals surface area contributed by atoms with Crippen molar-refractivity contribution in [1.29, 1.82) is 0 Å². The summed E-state index contributed by atoms with van der Waals surface area (Å²) in [5, 5.41) is 3.54. The number of rotatable bonds is 6. The van der Waals surface area contributed by atoms with Gasteiger partial charge in [0.05, 0.1) is 6.61 Å². The molecule has 134 valence electrons. The van der Waals surface area contributed by atoms with Crippen LogP contribution < -0.4 is 5.32 Å². The number of carbonyl (C=O) groups excluding carboxylic acids is 1. The van der Waals surface area contributed by atoms with Gasteiger partial charge < -0.3 is 15.0 Å². The summed E-state index contributed by atoms with van der Waals surface area (Å²) in [7, 11) is 0. The summed E-state index contributed by atoms with van der Waals surface area (Å²) in [4.78, 5) is 20.3. The smallest absolute Gasteiger partial charge is 0.276 e. The number of aryl methyl sites for hydroxylation is 1. The van der Waals surface area contributed by atoms with E-state index in [-0.39, 0.29) is 5.91 Å². The standard InChI is InChI=1S/C20H20ClN3O2/c1-3-26-12-15-7-4-5-10-17(15)23-20(25)18-13(2)22-19(24-18)14-8-6-9-16(21)11-14/h4-11H,3,12H2,1-2H3,(H,22,24)(H,23,25). The van der Waals surface area contributed by atoms with Crippen molar-refractivity contribution >= 4 is 23.2 Å². The van der Waals surface area contributed by atoms with Crippen molar-refractivity contribution in [3.8, 4) is 11.4 Å². The molecule has 5 nitrogen and oxygen atoms in total. The van der Waals surface area contributed by atoms with Crippen molar-refractivity contribution in [2.24, 2.45) is 0 Å². The summed E-state index contributed by atoms with van der Waals surface area (Å²) in [5.41, 5.74) is 3.52. The largest absolute Gasteiger partial charge is 0.377 e. The van der Waals surface area contributed by atoms with E-state index in [1.54, 1.807) is 12.1 Å². The highest BCUT2D eigenvalue weighted by molar-refractivity contribution is 6.30. The Labute approximate surface area is 157 Å². The minimum atomic E-state index is -0.268. The van der Waals surface area contributed by atoms with E-state index >= 15 is 0 Å².